The molecule has 1 fully saturated rings. The fourth-order valence-corrected chi connectivity index (χ4v) is 5.00. The summed E-state index contributed by atoms with van der Waals surface area (Å²) in [5.74, 6) is 2.71. The van der Waals surface area contributed by atoms with Crippen LogP contribution in [0, 0.1) is 6.92 Å². The third-order valence-electron chi connectivity index (χ3n) is 4.74. The minimum Gasteiger partial charge on any atom is -0.354 e. The summed E-state index contributed by atoms with van der Waals surface area (Å²) >= 11 is 5.96. The lowest BCUT2D eigenvalue weighted by Gasteiger charge is -2.34. The molecule has 0 atom stereocenters. The van der Waals surface area contributed by atoms with Crippen LogP contribution >= 0.6 is 11.6 Å². The zero-order chi connectivity index (χ0) is 21.1. The van der Waals surface area contributed by atoms with Crippen LogP contribution in [0.15, 0.2) is 59.6 Å². The molecule has 1 aliphatic rings. The number of piperazine rings is 1. The second-order valence-electron chi connectivity index (χ2n) is 6.85. The largest absolute Gasteiger partial charge is 0.354 e. The summed E-state index contributed by atoms with van der Waals surface area (Å²) in [6.07, 6.45) is 1.71. The molecule has 1 aliphatic heterocycles. The van der Waals surface area contributed by atoms with E-state index in [1.165, 1.54) is 10.4 Å². The molecule has 0 unspecified atom stereocenters. The number of aryl methyl sites for hydroxylation is 1. The first kappa shape index (κ1) is 20.5. The first-order chi connectivity index (χ1) is 14.4. The van der Waals surface area contributed by atoms with Crippen LogP contribution in [0.4, 0.5) is 17.5 Å². The van der Waals surface area contributed by atoms with Crippen LogP contribution in [-0.4, -0.2) is 53.9 Å². The van der Waals surface area contributed by atoms with Gasteiger partial charge in [0.25, 0.3) is 0 Å². The number of benzene rings is 1. The summed E-state index contributed by atoms with van der Waals surface area (Å²) in [4.78, 5) is 15.5. The van der Waals surface area contributed by atoms with Crippen molar-refractivity contribution >= 4 is 39.1 Å². The van der Waals surface area contributed by atoms with E-state index in [9.17, 15) is 8.42 Å². The number of hydrogen-bond acceptors (Lipinski definition) is 7. The van der Waals surface area contributed by atoms with Gasteiger partial charge in [-0.2, -0.15) is 4.31 Å². The van der Waals surface area contributed by atoms with E-state index < -0.39 is 10.0 Å². The second-order valence-corrected chi connectivity index (χ2v) is 9.22. The highest BCUT2D eigenvalue weighted by Gasteiger charge is 2.29. The van der Waals surface area contributed by atoms with Crippen molar-refractivity contribution < 1.29 is 8.42 Å². The molecule has 1 N–H and O–H groups in total. The monoisotopic (exact) mass is 444 g/mol. The van der Waals surface area contributed by atoms with Crippen molar-refractivity contribution in [2.24, 2.45) is 0 Å². The quantitative estimate of drug-likeness (QED) is 0.646. The van der Waals surface area contributed by atoms with E-state index in [4.69, 9.17) is 11.6 Å². The topological polar surface area (TPSA) is 91.3 Å². The number of sulfonamides is 1. The highest BCUT2D eigenvalue weighted by Crippen LogP contribution is 2.24. The number of rotatable bonds is 5. The van der Waals surface area contributed by atoms with Gasteiger partial charge < -0.3 is 10.2 Å². The number of nitrogens with one attached hydrogen (secondary N) is 1. The molecule has 3 heterocycles. The molecule has 3 aromatic rings. The van der Waals surface area contributed by atoms with Gasteiger partial charge in [-0.15, -0.1) is 0 Å². The minimum atomic E-state index is -3.58. The predicted molar refractivity (Wildman–Crippen MR) is 117 cm³/mol. The third kappa shape index (κ3) is 4.53. The lowest BCUT2D eigenvalue weighted by Crippen LogP contribution is -2.49. The second kappa shape index (κ2) is 8.55. The van der Waals surface area contributed by atoms with Crippen LogP contribution in [0.5, 0.6) is 0 Å². The average molecular weight is 445 g/mol. The van der Waals surface area contributed by atoms with E-state index in [0.717, 1.165) is 5.82 Å². The van der Waals surface area contributed by atoms with Crippen molar-refractivity contribution in [2.45, 2.75) is 11.8 Å². The maximum atomic E-state index is 12.9. The van der Waals surface area contributed by atoms with Gasteiger partial charge in [-0.1, -0.05) is 23.7 Å². The molecule has 2 aromatic heterocycles. The summed E-state index contributed by atoms with van der Waals surface area (Å²) in [6.45, 7) is 3.60. The minimum absolute atomic E-state index is 0.211. The molecule has 0 bridgehead atoms. The lowest BCUT2D eigenvalue weighted by atomic mass is 10.3. The Morgan fingerprint density at radius 3 is 2.47 bits per heavy atom. The Bertz CT molecular complexity index is 1140. The molecule has 0 amide bonds. The maximum Gasteiger partial charge on any atom is 0.243 e. The fraction of sp³-hybridized carbons (Fsp3) is 0.250. The molecule has 30 heavy (non-hydrogen) atoms. The predicted octanol–water partition coefficient (Wildman–Crippen LogP) is 3.09. The van der Waals surface area contributed by atoms with Crippen LogP contribution in [0.1, 0.15) is 5.82 Å². The van der Waals surface area contributed by atoms with Crippen LogP contribution in [-0.2, 0) is 10.0 Å². The standard InChI is InChI=1S/C20H21ClN6O2S/c1-15-23-19(25-18-7-2-3-8-22-18)14-20(24-15)26-9-11-27(12-10-26)30(28,29)17-6-4-5-16(21)13-17/h2-8,13-14H,9-12H2,1H3,(H,22,23,24,25). The number of pyridine rings is 1. The zero-order valence-electron chi connectivity index (χ0n) is 16.4. The van der Waals surface area contributed by atoms with E-state index in [-0.39, 0.29) is 4.90 Å². The van der Waals surface area contributed by atoms with E-state index in [1.54, 1.807) is 24.4 Å². The number of nitrogens with zero attached hydrogens (tertiary/aromatic N) is 5. The van der Waals surface area contributed by atoms with Crippen LogP contribution in [0.3, 0.4) is 0 Å². The Hall–Kier alpha value is -2.75. The first-order valence-electron chi connectivity index (χ1n) is 9.46. The molecule has 8 nitrogen and oxygen atoms in total. The number of halogens is 1. The van der Waals surface area contributed by atoms with Crippen molar-refractivity contribution in [3.63, 3.8) is 0 Å². The summed E-state index contributed by atoms with van der Waals surface area (Å²) < 4.78 is 27.3. The lowest BCUT2D eigenvalue weighted by molar-refractivity contribution is 0.383. The molecule has 0 aliphatic carbocycles. The average Bonchev–Trinajstić information content (AvgIpc) is 2.74. The number of hydrogen-bond donors (Lipinski definition) is 1. The Kier molecular flexibility index (Phi) is 5.85. The first-order valence-corrected chi connectivity index (χ1v) is 11.3. The zero-order valence-corrected chi connectivity index (χ0v) is 17.9. The van der Waals surface area contributed by atoms with Gasteiger partial charge in [0.1, 0.15) is 23.3 Å². The molecule has 1 aromatic carbocycles. The summed E-state index contributed by atoms with van der Waals surface area (Å²) in [7, 11) is -3.58. The van der Waals surface area contributed by atoms with Gasteiger partial charge in [0.2, 0.25) is 10.0 Å². The smallest absolute Gasteiger partial charge is 0.243 e. The normalized spacial score (nSPS) is 15.2. The Morgan fingerprint density at radius 2 is 1.77 bits per heavy atom. The van der Waals surface area contributed by atoms with Crippen molar-refractivity contribution in [3.05, 3.63) is 65.6 Å². The highest BCUT2D eigenvalue weighted by atomic mass is 35.5. The number of aromatic nitrogens is 3. The van der Waals surface area contributed by atoms with Crippen molar-refractivity contribution in [2.75, 3.05) is 36.4 Å². The summed E-state index contributed by atoms with van der Waals surface area (Å²) in [5, 5.41) is 3.58. The van der Waals surface area contributed by atoms with E-state index in [2.05, 4.69) is 25.2 Å². The molecular weight excluding hydrogens is 424 g/mol. The maximum absolute atomic E-state index is 12.9. The van der Waals surface area contributed by atoms with Gasteiger partial charge in [-0.05, 0) is 37.3 Å². The van der Waals surface area contributed by atoms with Crippen molar-refractivity contribution in [3.8, 4) is 0 Å². The molecule has 0 saturated carbocycles. The van der Waals surface area contributed by atoms with E-state index in [0.29, 0.717) is 48.7 Å². The Balaban J connectivity index is 1.47. The molecular formula is C20H21ClN6O2S. The van der Waals surface area contributed by atoms with Gasteiger partial charge in [0, 0.05) is 43.5 Å². The van der Waals surface area contributed by atoms with Gasteiger partial charge in [0.15, 0.2) is 0 Å². The van der Waals surface area contributed by atoms with Crippen molar-refractivity contribution in [1.29, 1.82) is 0 Å². The molecule has 4 rings (SSSR count). The highest BCUT2D eigenvalue weighted by molar-refractivity contribution is 7.89. The fourth-order valence-electron chi connectivity index (χ4n) is 3.28. The Morgan fingerprint density at radius 1 is 0.967 bits per heavy atom. The van der Waals surface area contributed by atoms with Gasteiger partial charge in [-0.25, -0.2) is 23.4 Å². The Labute approximate surface area is 180 Å². The van der Waals surface area contributed by atoms with E-state index >= 15 is 0 Å². The summed E-state index contributed by atoms with van der Waals surface area (Å²) in [6, 6.07) is 13.8. The molecule has 0 radical (unpaired) electrons. The van der Waals surface area contributed by atoms with Gasteiger partial charge in [-0.3, -0.25) is 0 Å². The van der Waals surface area contributed by atoms with Crippen molar-refractivity contribution in [1.82, 2.24) is 19.3 Å². The molecule has 156 valence electrons. The van der Waals surface area contributed by atoms with Gasteiger partial charge in [0.05, 0.1) is 4.90 Å². The number of anilines is 3. The van der Waals surface area contributed by atoms with Crippen LogP contribution in [0.2, 0.25) is 5.02 Å². The molecule has 10 heteroatoms. The third-order valence-corrected chi connectivity index (χ3v) is 6.87. The van der Waals surface area contributed by atoms with Gasteiger partial charge >= 0.3 is 0 Å². The van der Waals surface area contributed by atoms with E-state index in [1.807, 2.05) is 31.2 Å². The SMILES string of the molecule is Cc1nc(Nc2ccccn2)cc(N2CCN(S(=O)(=O)c3cccc(Cl)c3)CC2)n1. The summed E-state index contributed by atoms with van der Waals surface area (Å²) in [5.41, 5.74) is 0. The van der Waals surface area contributed by atoms with Crippen LogP contribution in [0.25, 0.3) is 0 Å². The van der Waals surface area contributed by atoms with Crippen LogP contribution < -0.4 is 10.2 Å². The molecule has 1 saturated heterocycles. The molecule has 0 spiro atoms.